The van der Waals surface area contributed by atoms with Gasteiger partial charge in [0.05, 0.1) is 9.79 Å². The van der Waals surface area contributed by atoms with Crippen LogP contribution in [0.15, 0.2) is 46.2 Å². The maximum absolute atomic E-state index is 14.1. The summed E-state index contributed by atoms with van der Waals surface area (Å²) in [5, 5.41) is 0.502. The molecule has 0 atom stereocenters. The van der Waals surface area contributed by atoms with E-state index < -0.39 is 20.0 Å². The maximum atomic E-state index is 14.1. The van der Waals surface area contributed by atoms with Crippen LogP contribution >= 0.6 is 23.2 Å². The van der Waals surface area contributed by atoms with Crippen molar-refractivity contribution < 1.29 is 16.8 Å². The molecule has 0 N–H and O–H groups in total. The lowest BCUT2D eigenvalue weighted by Gasteiger charge is -2.28. The van der Waals surface area contributed by atoms with Gasteiger partial charge in [-0.2, -0.15) is 8.61 Å². The van der Waals surface area contributed by atoms with Gasteiger partial charge < -0.3 is 0 Å². The van der Waals surface area contributed by atoms with E-state index in [0.717, 1.165) is 0 Å². The zero-order chi connectivity index (χ0) is 29.0. The van der Waals surface area contributed by atoms with Crippen LogP contribution in [-0.4, -0.2) is 51.6 Å². The first-order chi connectivity index (χ1) is 17.5. The SMILES string of the molecule is CC(C)CN(CC(C)C)S(=O)(=O)c1cc(Cl)ccc1-c1ccc(Cl)cc1S(=O)(=O)N(CC(C)C)CC(C)C. The quantitative estimate of drug-likeness (QED) is 0.241. The molecule has 2 rings (SSSR count). The summed E-state index contributed by atoms with van der Waals surface area (Å²) in [6.45, 7) is 17.0. The van der Waals surface area contributed by atoms with Crippen LogP contribution in [0, 0.1) is 23.7 Å². The Bertz CT molecular complexity index is 1190. The summed E-state index contributed by atoms with van der Waals surface area (Å²) in [6.07, 6.45) is 0. The first kappa shape index (κ1) is 33.0. The number of rotatable bonds is 13. The van der Waals surface area contributed by atoms with Gasteiger partial charge in [0.15, 0.2) is 0 Å². The van der Waals surface area contributed by atoms with Gasteiger partial charge in [0.25, 0.3) is 0 Å². The largest absolute Gasteiger partial charge is 0.243 e. The van der Waals surface area contributed by atoms with Crippen LogP contribution in [0.5, 0.6) is 0 Å². The number of halogens is 2. The minimum Gasteiger partial charge on any atom is -0.207 e. The summed E-state index contributed by atoms with van der Waals surface area (Å²) in [6, 6.07) is 9.13. The lowest BCUT2D eigenvalue weighted by Crippen LogP contribution is -2.38. The molecule has 38 heavy (non-hydrogen) atoms. The molecule has 0 saturated carbocycles. The molecule has 0 spiro atoms. The predicted molar refractivity (Wildman–Crippen MR) is 159 cm³/mol. The van der Waals surface area contributed by atoms with Crippen molar-refractivity contribution in [2.24, 2.45) is 23.7 Å². The Kier molecular flexibility index (Phi) is 11.7. The van der Waals surface area contributed by atoms with Crippen LogP contribution in [0.4, 0.5) is 0 Å². The second kappa shape index (κ2) is 13.5. The minimum absolute atomic E-state index is 0.0238. The highest BCUT2D eigenvalue weighted by Crippen LogP contribution is 2.38. The summed E-state index contributed by atoms with van der Waals surface area (Å²) in [5.41, 5.74) is 0.549. The highest BCUT2D eigenvalue weighted by atomic mass is 35.5. The highest BCUT2D eigenvalue weighted by Gasteiger charge is 2.33. The molecular weight excluding hydrogens is 563 g/mol. The number of sulfonamides is 2. The van der Waals surface area contributed by atoms with Gasteiger partial charge in [0, 0.05) is 47.4 Å². The van der Waals surface area contributed by atoms with Gasteiger partial charge in [-0.1, -0.05) is 90.7 Å². The van der Waals surface area contributed by atoms with Crippen LogP contribution in [0.3, 0.4) is 0 Å². The van der Waals surface area contributed by atoms with E-state index in [4.69, 9.17) is 23.2 Å². The van der Waals surface area contributed by atoms with Crippen molar-refractivity contribution in [2.45, 2.75) is 65.2 Å². The third-order valence-electron chi connectivity index (χ3n) is 5.69. The van der Waals surface area contributed by atoms with Gasteiger partial charge in [-0.15, -0.1) is 0 Å². The number of benzene rings is 2. The maximum Gasteiger partial charge on any atom is 0.243 e. The van der Waals surface area contributed by atoms with Crippen LogP contribution in [0.2, 0.25) is 10.0 Å². The molecule has 0 bridgehead atoms. The lowest BCUT2D eigenvalue weighted by molar-refractivity contribution is 0.333. The fourth-order valence-corrected chi connectivity index (χ4v) is 8.78. The smallest absolute Gasteiger partial charge is 0.207 e. The Morgan fingerprint density at radius 3 is 1.05 bits per heavy atom. The topological polar surface area (TPSA) is 74.8 Å². The molecule has 0 radical (unpaired) electrons. The van der Waals surface area contributed by atoms with E-state index in [0.29, 0.717) is 26.2 Å². The van der Waals surface area contributed by atoms with Gasteiger partial charge in [0.1, 0.15) is 0 Å². The molecule has 10 heteroatoms. The van der Waals surface area contributed by atoms with Gasteiger partial charge in [-0.05, 0) is 47.9 Å². The molecule has 2 aromatic rings. The molecule has 0 aliphatic rings. The Labute approximate surface area is 240 Å². The van der Waals surface area contributed by atoms with Crippen LogP contribution < -0.4 is 0 Å². The molecule has 6 nitrogen and oxygen atoms in total. The molecule has 0 aliphatic carbocycles. The third kappa shape index (κ3) is 8.42. The summed E-state index contributed by atoms with van der Waals surface area (Å²) < 4.78 is 59.3. The first-order valence-corrected chi connectivity index (χ1v) is 16.7. The summed E-state index contributed by atoms with van der Waals surface area (Å²) >= 11 is 12.6. The van der Waals surface area contributed by atoms with E-state index in [1.807, 2.05) is 55.4 Å². The van der Waals surface area contributed by atoms with Gasteiger partial charge in [-0.3, -0.25) is 0 Å². The van der Waals surface area contributed by atoms with Crippen molar-refractivity contribution in [1.29, 1.82) is 0 Å². The Hall–Kier alpha value is -1.16. The van der Waals surface area contributed by atoms with Crippen molar-refractivity contribution in [3.8, 4) is 11.1 Å². The van der Waals surface area contributed by atoms with Gasteiger partial charge >= 0.3 is 0 Å². The van der Waals surface area contributed by atoms with Gasteiger partial charge in [-0.25, -0.2) is 16.8 Å². The molecule has 0 unspecified atom stereocenters. The molecule has 0 heterocycles. The Balaban J connectivity index is 2.85. The van der Waals surface area contributed by atoms with E-state index in [-0.39, 0.29) is 54.6 Å². The predicted octanol–water partition coefficient (Wildman–Crippen LogP) is 7.27. The van der Waals surface area contributed by atoms with E-state index in [1.54, 1.807) is 24.3 Å². The summed E-state index contributed by atoms with van der Waals surface area (Å²) in [5.74, 6) is 0.382. The normalized spacial score (nSPS) is 13.2. The number of hydrogen-bond donors (Lipinski definition) is 0. The molecule has 0 aliphatic heterocycles. The van der Waals surface area contributed by atoms with Crippen molar-refractivity contribution >= 4 is 43.2 Å². The van der Waals surface area contributed by atoms with E-state index in [1.165, 1.54) is 20.7 Å². The molecule has 214 valence electrons. The van der Waals surface area contributed by atoms with Crippen molar-refractivity contribution in [1.82, 2.24) is 8.61 Å². The Morgan fingerprint density at radius 2 is 0.816 bits per heavy atom. The molecule has 0 aromatic heterocycles. The molecule has 0 fully saturated rings. The molecule has 0 saturated heterocycles. The van der Waals surface area contributed by atoms with Crippen LogP contribution in [0.1, 0.15) is 55.4 Å². The molecule has 2 aromatic carbocycles. The highest BCUT2D eigenvalue weighted by molar-refractivity contribution is 7.89. The Morgan fingerprint density at radius 1 is 0.553 bits per heavy atom. The average molecular weight is 606 g/mol. The third-order valence-corrected chi connectivity index (χ3v) is 9.90. The monoisotopic (exact) mass is 604 g/mol. The zero-order valence-corrected chi connectivity index (χ0v) is 26.8. The minimum atomic E-state index is -4.02. The van der Waals surface area contributed by atoms with E-state index >= 15 is 0 Å². The fourth-order valence-electron chi connectivity index (χ4n) is 4.31. The van der Waals surface area contributed by atoms with Gasteiger partial charge in [0.2, 0.25) is 20.0 Å². The van der Waals surface area contributed by atoms with Crippen molar-refractivity contribution in [2.75, 3.05) is 26.2 Å². The molecular formula is C28H42Cl2N2O4S2. The molecule has 0 amide bonds. The van der Waals surface area contributed by atoms with Crippen molar-refractivity contribution in [3.05, 3.63) is 46.4 Å². The summed E-state index contributed by atoms with van der Waals surface area (Å²) in [4.78, 5) is -0.0475. The van der Waals surface area contributed by atoms with Crippen LogP contribution in [0.25, 0.3) is 11.1 Å². The first-order valence-electron chi connectivity index (χ1n) is 13.1. The van der Waals surface area contributed by atoms with Crippen molar-refractivity contribution in [3.63, 3.8) is 0 Å². The van der Waals surface area contributed by atoms with E-state index in [2.05, 4.69) is 0 Å². The fraction of sp³-hybridized carbons (Fsp3) is 0.571. The van der Waals surface area contributed by atoms with E-state index in [9.17, 15) is 16.8 Å². The van der Waals surface area contributed by atoms with Crippen LogP contribution in [-0.2, 0) is 20.0 Å². The average Bonchev–Trinajstić information content (AvgIpc) is 2.77. The number of nitrogens with zero attached hydrogens (tertiary/aromatic N) is 2. The lowest BCUT2D eigenvalue weighted by atomic mass is 10.1. The second-order valence-electron chi connectivity index (χ2n) is 11.5. The second-order valence-corrected chi connectivity index (χ2v) is 16.2. The standard InChI is InChI=1S/C28H42Cl2N2O4S2/c1-19(2)15-31(16-20(3)4)37(33,34)27-13-23(29)9-11-25(27)26-12-10-24(30)14-28(26)38(35,36)32(17-21(5)6)18-22(7)8/h9-14,19-22H,15-18H2,1-8H3. The zero-order valence-electron chi connectivity index (χ0n) is 23.7. The summed E-state index contributed by atoms with van der Waals surface area (Å²) in [7, 11) is -8.03. The number of hydrogen-bond acceptors (Lipinski definition) is 4.